The van der Waals surface area contributed by atoms with Crippen molar-refractivity contribution in [3.05, 3.63) is 29.3 Å². The quantitative estimate of drug-likeness (QED) is 0.808. The Balaban J connectivity index is 2.47. The van der Waals surface area contributed by atoms with Gasteiger partial charge in [0.05, 0.1) is 0 Å². The van der Waals surface area contributed by atoms with Gasteiger partial charge >= 0.3 is 127 Å². The molecule has 2 heterocycles. The summed E-state index contributed by atoms with van der Waals surface area (Å²) in [4.78, 5) is 19.1. The summed E-state index contributed by atoms with van der Waals surface area (Å²) in [5.74, 6) is -1.87. The Hall–Kier alpha value is -1.40. The van der Waals surface area contributed by atoms with E-state index < -0.39 is 29.8 Å². The topological polar surface area (TPSA) is 77.6 Å². The van der Waals surface area contributed by atoms with Crippen LogP contribution in [0.2, 0.25) is 0 Å². The molecule has 0 bridgehead atoms. The molecule has 5 nitrogen and oxygen atoms in total. The third kappa shape index (κ3) is 2.96. The molecule has 2 rings (SSSR count). The number of ether oxygens (including phenoxy) is 1. The number of primary amides is 1. The number of hydrogen-bond acceptors (Lipinski definition) is 4. The van der Waals surface area contributed by atoms with Gasteiger partial charge in [0.1, 0.15) is 0 Å². The van der Waals surface area contributed by atoms with Gasteiger partial charge < -0.3 is 0 Å². The molecule has 1 aromatic heterocycles. The van der Waals surface area contributed by atoms with Crippen molar-refractivity contribution in [2.45, 2.75) is 25.0 Å². The van der Waals surface area contributed by atoms with Crippen LogP contribution in [0.5, 0.6) is 0 Å². The van der Waals surface area contributed by atoms with Crippen LogP contribution in [0, 0.1) is 5.82 Å². The maximum atomic E-state index is 14.3. The molecular formula is C12H11AsF3N3O2. The normalized spacial score (nSPS) is 25.8. The Morgan fingerprint density at radius 3 is 2.81 bits per heavy atom. The Morgan fingerprint density at radius 2 is 2.29 bits per heavy atom. The summed E-state index contributed by atoms with van der Waals surface area (Å²) < 4.78 is 44.8. The molecule has 9 heteroatoms. The van der Waals surface area contributed by atoms with Crippen molar-refractivity contribution >= 4 is 27.3 Å². The van der Waals surface area contributed by atoms with E-state index in [-0.39, 0.29) is 22.4 Å². The maximum absolute atomic E-state index is 14.3. The zero-order valence-electron chi connectivity index (χ0n) is 10.9. The van der Waals surface area contributed by atoms with Gasteiger partial charge in [-0.3, -0.25) is 0 Å². The van der Waals surface area contributed by atoms with Crippen molar-refractivity contribution in [3.63, 3.8) is 0 Å². The average molecular weight is 361 g/mol. The number of nitrogens with zero attached hydrogens (tertiary/aromatic N) is 2. The van der Waals surface area contributed by atoms with Crippen molar-refractivity contribution in [1.29, 1.82) is 0 Å². The molecule has 2 atom stereocenters. The third-order valence-corrected chi connectivity index (χ3v) is 3.80. The molecule has 1 aromatic rings. The van der Waals surface area contributed by atoms with E-state index in [1.54, 1.807) is 0 Å². The minimum atomic E-state index is -2.73. The molecule has 0 aliphatic carbocycles. The Bertz CT molecular complexity index is 611. The van der Waals surface area contributed by atoms with Crippen LogP contribution in [-0.4, -0.2) is 51.4 Å². The van der Waals surface area contributed by atoms with Gasteiger partial charge in [0.2, 0.25) is 0 Å². The van der Waals surface area contributed by atoms with E-state index in [2.05, 4.69) is 9.98 Å². The van der Waals surface area contributed by atoms with Crippen LogP contribution in [0.3, 0.4) is 0 Å². The SMILES string of the molecule is CC1(c2nccc(C(N)=O)c2F)COC(C(F)F)C([As])=N1. The fraction of sp³-hybridized carbons (Fsp3) is 0.417. The van der Waals surface area contributed by atoms with Crippen molar-refractivity contribution in [3.8, 4) is 0 Å². The van der Waals surface area contributed by atoms with E-state index in [4.69, 9.17) is 10.5 Å². The molecule has 0 aromatic carbocycles. The van der Waals surface area contributed by atoms with E-state index >= 15 is 0 Å². The molecule has 1 aliphatic rings. The van der Waals surface area contributed by atoms with E-state index in [0.29, 0.717) is 0 Å². The second-order valence-electron chi connectivity index (χ2n) is 4.70. The van der Waals surface area contributed by atoms with Crippen molar-refractivity contribution in [2.75, 3.05) is 6.61 Å². The van der Waals surface area contributed by atoms with Crippen molar-refractivity contribution < 1.29 is 22.7 Å². The fourth-order valence-corrected chi connectivity index (χ4v) is 2.85. The molecule has 0 spiro atoms. The van der Waals surface area contributed by atoms with Gasteiger partial charge in [-0.05, 0) is 0 Å². The van der Waals surface area contributed by atoms with Crippen LogP contribution in [0.25, 0.3) is 0 Å². The first-order valence-electron chi connectivity index (χ1n) is 5.89. The van der Waals surface area contributed by atoms with Crippen LogP contribution in [0.1, 0.15) is 23.0 Å². The number of carbonyl (C=O) groups excluding carboxylic acids is 1. The van der Waals surface area contributed by atoms with E-state index in [1.165, 1.54) is 13.1 Å². The number of amides is 1. The number of aliphatic imine (C=N–C) groups is 1. The summed E-state index contributed by atoms with van der Waals surface area (Å²) in [6, 6.07) is 1.14. The zero-order chi connectivity index (χ0) is 15.8. The van der Waals surface area contributed by atoms with Crippen LogP contribution in [0.15, 0.2) is 17.3 Å². The van der Waals surface area contributed by atoms with Gasteiger partial charge in [-0.15, -0.1) is 0 Å². The summed E-state index contributed by atoms with van der Waals surface area (Å²) in [6.45, 7) is 1.20. The number of aromatic nitrogens is 1. The number of nitrogens with two attached hydrogens (primary N) is 1. The molecule has 21 heavy (non-hydrogen) atoms. The molecule has 0 saturated heterocycles. The zero-order valence-corrected chi connectivity index (χ0v) is 12.8. The number of alkyl halides is 2. The Kier molecular flexibility index (Phi) is 4.39. The molecule has 2 N–H and O–H groups in total. The van der Waals surface area contributed by atoms with E-state index in [0.717, 1.165) is 6.07 Å². The van der Waals surface area contributed by atoms with Crippen LogP contribution >= 0.6 is 0 Å². The van der Waals surface area contributed by atoms with Gasteiger partial charge in [0.25, 0.3) is 0 Å². The molecule has 112 valence electrons. The summed E-state index contributed by atoms with van der Waals surface area (Å²) in [5.41, 5.74) is 3.26. The number of carbonyl (C=O) groups is 1. The van der Waals surface area contributed by atoms with Gasteiger partial charge in [-0.25, -0.2) is 0 Å². The van der Waals surface area contributed by atoms with Crippen LogP contribution in [-0.2, 0) is 10.3 Å². The van der Waals surface area contributed by atoms with Gasteiger partial charge in [-0.1, -0.05) is 0 Å². The number of hydrogen-bond donors (Lipinski definition) is 1. The number of pyridine rings is 1. The van der Waals surface area contributed by atoms with E-state index in [9.17, 15) is 18.0 Å². The van der Waals surface area contributed by atoms with Crippen molar-refractivity contribution in [1.82, 2.24) is 4.98 Å². The van der Waals surface area contributed by atoms with Crippen LogP contribution < -0.4 is 5.73 Å². The second-order valence-corrected chi connectivity index (χ2v) is 5.66. The monoisotopic (exact) mass is 361 g/mol. The first kappa shape index (κ1) is 16.0. The minimum absolute atomic E-state index is 0.0167. The Labute approximate surface area is 127 Å². The summed E-state index contributed by atoms with van der Waals surface area (Å²) in [6.07, 6.45) is -2.96. The molecular weight excluding hydrogens is 350 g/mol. The number of halogens is 3. The molecule has 0 fully saturated rings. The van der Waals surface area contributed by atoms with Gasteiger partial charge in [0.15, 0.2) is 0 Å². The predicted octanol–water partition coefficient (Wildman–Crippen LogP) is 0.766. The fourth-order valence-electron chi connectivity index (χ4n) is 1.99. The average Bonchev–Trinajstić information content (AvgIpc) is 2.37. The summed E-state index contributed by atoms with van der Waals surface area (Å²) >= 11 is 1.89. The molecule has 1 amide bonds. The molecule has 2 unspecified atom stereocenters. The standard InChI is InChI=1S/C12H11AsF3N3O2/c1-12(4-21-7(10(15)16)9(13)19-12)8-6(14)5(11(17)20)2-3-18-8/h2-3,7,10H,4H2,1H3,(H2,17,20). The molecule has 0 saturated carbocycles. The number of rotatable bonds is 3. The van der Waals surface area contributed by atoms with Crippen LogP contribution in [0.4, 0.5) is 13.2 Å². The van der Waals surface area contributed by atoms with Gasteiger partial charge in [0, 0.05) is 0 Å². The predicted molar refractivity (Wildman–Crippen MR) is 69.0 cm³/mol. The second kappa shape index (κ2) is 5.77. The summed E-state index contributed by atoms with van der Waals surface area (Å²) in [7, 11) is 0. The Morgan fingerprint density at radius 1 is 1.62 bits per heavy atom. The van der Waals surface area contributed by atoms with Gasteiger partial charge in [-0.2, -0.15) is 0 Å². The molecule has 2 radical (unpaired) electrons. The first-order valence-corrected chi connectivity index (χ1v) is 6.83. The summed E-state index contributed by atoms with van der Waals surface area (Å²) in [5, 5.41) is 0. The third-order valence-electron chi connectivity index (χ3n) is 3.05. The van der Waals surface area contributed by atoms with E-state index in [1.807, 2.05) is 16.9 Å². The first-order chi connectivity index (χ1) is 9.76. The molecule has 1 aliphatic heterocycles. The van der Waals surface area contributed by atoms with Crippen molar-refractivity contribution in [2.24, 2.45) is 10.7 Å².